The van der Waals surface area contributed by atoms with Crippen molar-refractivity contribution in [3.05, 3.63) is 24.8 Å². The van der Waals surface area contributed by atoms with Gasteiger partial charge in [0.1, 0.15) is 17.5 Å². The molecule has 15 heavy (non-hydrogen) atoms. The molecule has 1 N–H and O–H groups in total. The van der Waals surface area contributed by atoms with E-state index >= 15 is 0 Å². The van der Waals surface area contributed by atoms with Crippen molar-refractivity contribution in [3.8, 4) is 11.5 Å². The minimum absolute atomic E-state index is 0.668. The second kappa shape index (κ2) is 2.88. The minimum Gasteiger partial charge on any atom is -0.334 e. The van der Waals surface area contributed by atoms with Gasteiger partial charge in [-0.3, -0.25) is 4.68 Å². The standard InChI is InChI=1S/C9H8N6/c1-15-7(2-3-12-15)9-13-6-4-10-5-11-8(6)14-9/h2-5H,1H3,(H,10,11,13,14). The van der Waals surface area contributed by atoms with Crippen LogP contribution in [0.15, 0.2) is 24.8 Å². The van der Waals surface area contributed by atoms with Crippen LogP contribution < -0.4 is 0 Å². The highest BCUT2D eigenvalue weighted by molar-refractivity contribution is 5.73. The molecule has 0 aromatic carbocycles. The summed E-state index contributed by atoms with van der Waals surface area (Å²) in [6, 6.07) is 1.89. The fourth-order valence-electron chi connectivity index (χ4n) is 1.49. The normalized spacial score (nSPS) is 11.0. The second-order valence-corrected chi connectivity index (χ2v) is 3.19. The van der Waals surface area contributed by atoms with Gasteiger partial charge >= 0.3 is 0 Å². The summed E-state index contributed by atoms with van der Waals surface area (Å²) in [7, 11) is 1.87. The summed E-state index contributed by atoms with van der Waals surface area (Å²) in [5, 5.41) is 4.08. The van der Waals surface area contributed by atoms with E-state index in [-0.39, 0.29) is 0 Å². The number of nitrogens with one attached hydrogen (secondary N) is 1. The number of hydrogen-bond donors (Lipinski definition) is 1. The Hall–Kier alpha value is -2.24. The Morgan fingerprint density at radius 3 is 3.07 bits per heavy atom. The lowest BCUT2D eigenvalue weighted by Gasteiger charge is -1.94. The molecule has 74 valence electrons. The molecule has 0 amide bonds. The molecule has 3 heterocycles. The zero-order valence-corrected chi connectivity index (χ0v) is 8.05. The third-order valence-corrected chi connectivity index (χ3v) is 2.23. The highest BCUT2D eigenvalue weighted by Crippen LogP contribution is 2.16. The molecule has 0 spiro atoms. The van der Waals surface area contributed by atoms with Crippen LogP contribution >= 0.6 is 0 Å². The van der Waals surface area contributed by atoms with Crippen molar-refractivity contribution in [2.45, 2.75) is 0 Å². The largest absolute Gasteiger partial charge is 0.334 e. The van der Waals surface area contributed by atoms with Crippen molar-refractivity contribution in [1.29, 1.82) is 0 Å². The van der Waals surface area contributed by atoms with Crippen molar-refractivity contribution in [2.75, 3.05) is 0 Å². The monoisotopic (exact) mass is 200 g/mol. The Kier molecular flexibility index (Phi) is 1.55. The number of nitrogens with zero attached hydrogens (tertiary/aromatic N) is 5. The average Bonchev–Trinajstić information content (AvgIpc) is 2.82. The number of hydrogen-bond acceptors (Lipinski definition) is 4. The summed E-state index contributed by atoms with van der Waals surface area (Å²) < 4.78 is 1.76. The first-order valence-corrected chi connectivity index (χ1v) is 4.49. The molecule has 3 rings (SSSR count). The van der Waals surface area contributed by atoms with Crippen LogP contribution in [-0.2, 0) is 7.05 Å². The van der Waals surface area contributed by atoms with Gasteiger partial charge in [0, 0.05) is 13.2 Å². The molecule has 3 aromatic heterocycles. The molecule has 0 aliphatic heterocycles. The summed E-state index contributed by atoms with van der Waals surface area (Å²) in [6.07, 6.45) is 4.92. The predicted octanol–water partition coefficient (Wildman–Crippen LogP) is 0.753. The molecular weight excluding hydrogens is 192 g/mol. The molecule has 0 atom stereocenters. The first-order valence-electron chi connectivity index (χ1n) is 4.49. The maximum Gasteiger partial charge on any atom is 0.181 e. The van der Waals surface area contributed by atoms with Crippen LogP contribution in [0.2, 0.25) is 0 Å². The van der Waals surface area contributed by atoms with Crippen LogP contribution in [0.3, 0.4) is 0 Å². The predicted molar refractivity (Wildman–Crippen MR) is 53.9 cm³/mol. The van der Waals surface area contributed by atoms with E-state index in [9.17, 15) is 0 Å². The third-order valence-electron chi connectivity index (χ3n) is 2.23. The topological polar surface area (TPSA) is 72.3 Å². The van der Waals surface area contributed by atoms with Crippen molar-refractivity contribution in [2.24, 2.45) is 7.05 Å². The fraction of sp³-hybridized carbons (Fsp3) is 0.111. The van der Waals surface area contributed by atoms with Gasteiger partial charge in [0.25, 0.3) is 0 Å². The van der Waals surface area contributed by atoms with Crippen molar-refractivity contribution >= 4 is 11.2 Å². The van der Waals surface area contributed by atoms with E-state index in [1.807, 2.05) is 13.1 Å². The lowest BCUT2D eigenvalue weighted by molar-refractivity contribution is 0.771. The zero-order chi connectivity index (χ0) is 10.3. The van der Waals surface area contributed by atoms with Crippen LogP contribution in [0.4, 0.5) is 0 Å². The number of H-pyrrole nitrogens is 1. The molecule has 0 radical (unpaired) electrons. The SMILES string of the molecule is Cn1nccc1-c1nc2ncncc2[nH]1. The molecule has 0 fully saturated rings. The van der Waals surface area contributed by atoms with Crippen LogP contribution in [0, 0.1) is 0 Å². The Morgan fingerprint density at radius 2 is 2.33 bits per heavy atom. The van der Waals surface area contributed by atoms with Crippen LogP contribution in [0.1, 0.15) is 0 Å². The maximum absolute atomic E-state index is 4.35. The fourth-order valence-corrected chi connectivity index (χ4v) is 1.49. The molecule has 0 saturated carbocycles. The van der Waals surface area contributed by atoms with E-state index in [4.69, 9.17) is 0 Å². The van der Waals surface area contributed by atoms with Gasteiger partial charge in [-0.2, -0.15) is 5.10 Å². The van der Waals surface area contributed by atoms with Crippen molar-refractivity contribution in [1.82, 2.24) is 29.7 Å². The molecule has 0 unspecified atom stereocenters. The average molecular weight is 200 g/mol. The first kappa shape index (κ1) is 8.10. The number of aromatic nitrogens is 6. The Morgan fingerprint density at radius 1 is 1.40 bits per heavy atom. The zero-order valence-electron chi connectivity index (χ0n) is 8.05. The van der Waals surface area contributed by atoms with Gasteiger partial charge in [0.05, 0.1) is 6.20 Å². The Labute approximate surface area is 85.0 Å². The number of fused-ring (bicyclic) bond motifs is 1. The summed E-state index contributed by atoms with van der Waals surface area (Å²) in [6.45, 7) is 0. The Bertz CT molecular complexity index is 575. The van der Waals surface area contributed by atoms with Crippen LogP contribution in [0.25, 0.3) is 22.7 Å². The molecule has 0 aliphatic carbocycles. The number of aromatic amines is 1. The van der Waals surface area contributed by atoms with Crippen molar-refractivity contribution < 1.29 is 0 Å². The summed E-state index contributed by atoms with van der Waals surface area (Å²) in [5.74, 6) is 0.755. The molecule has 6 nitrogen and oxygen atoms in total. The number of rotatable bonds is 1. The van der Waals surface area contributed by atoms with E-state index in [2.05, 4.69) is 25.0 Å². The van der Waals surface area contributed by atoms with Gasteiger partial charge in [0.2, 0.25) is 0 Å². The van der Waals surface area contributed by atoms with E-state index in [1.165, 1.54) is 6.33 Å². The van der Waals surface area contributed by atoms with Gasteiger partial charge < -0.3 is 4.98 Å². The van der Waals surface area contributed by atoms with Gasteiger partial charge in [-0.1, -0.05) is 0 Å². The lowest BCUT2D eigenvalue weighted by Crippen LogP contribution is -1.94. The number of aryl methyl sites for hydroxylation is 1. The summed E-state index contributed by atoms with van der Waals surface area (Å²) in [4.78, 5) is 15.5. The Balaban J connectivity index is 2.24. The van der Waals surface area contributed by atoms with Crippen LogP contribution in [-0.4, -0.2) is 29.7 Å². The van der Waals surface area contributed by atoms with Gasteiger partial charge in [0.15, 0.2) is 11.5 Å². The summed E-state index contributed by atoms with van der Waals surface area (Å²) >= 11 is 0. The van der Waals surface area contributed by atoms with Crippen LogP contribution in [0.5, 0.6) is 0 Å². The highest BCUT2D eigenvalue weighted by atomic mass is 15.3. The van der Waals surface area contributed by atoms with E-state index in [1.54, 1.807) is 17.1 Å². The minimum atomic E-state index is 0.668. The van der Waals surface area contributed by atoms with E-state index in [0.29, 0.717) is 5.65 Å². The summed E-state index contributed by atoms with van der Waals surface area (Å²) in [5.41, 5.74) is 2.42. The quantitative estimate of drug-likeness (QED) is 0.629. The molecule has 6 heteroatoms. The third kappa shape index (κ3) is 1.18. The first-order chi connectivity index (χ1) is 7.34. The lowest BCUT2D eigenvalue weighted by atomic mass is 10.4. The molecular formula is C9H8N6. The van der Waals surface area contributed by atoms with Gasteiger partial charge in [-0.25, -0.2) is 15.0 Å². The van der Waals surface area contributed by atoms with E-state index in [0.717, 1.165) is 17.0 Å². The highest BCUT2D eigenvalue weighted by Gasteiger charge is 2.08. The molecule has 0 bridgehead atoms. The van der Waals surface area contributed by atoms with Crippen molar-refractivity contribution in [3.63, 3.8) is 0 Å². The molecule has 3 aromatic rings. The molecule has 0 saturated heterocycles. The van der Waals surface area contributed by atoms with Gasteiger partial charge in [-0.15, -0.1) is 0 Å². The maximum atomic E-state index is 4.35. The van der Waals surface area contributed by atoms with E-state index < -0.39 is 0 Å². The second-order valence-electron chi connectivity index (χ2n) is 3.19. The van der Waals surface area contributed by atoms with Gasteiger partial charge in [-0.05, 0) is 6.07 Å². The molecule has 0 aliphatic rings. The smallest absolute Gasteiger partial charge is 0.181 e. The number of imidazole rings is 1.